The molecule has 1 fully saturated rings. The van der Waals surface area contributed by atoms with Crippen molar-refractivity contribution in [2.24, 2.45) is 4.99 Å². The maximum atomic E-state index is 12.7. The van der Waals surface area contributed by atoms with E-state index in [0.717, 1.165) is 38.5 Å². The summed E-state index contributed by atoms with van der Waals surface area (Å²) in [6.07, 6.45) is 0. The van der Waals surface area contributed by atoms with Gasteiger partial charge in [-0.05, 0) is 36.4 Å². The van der Waals surface area contributed by atoms with Crippen LogP contribution in [0.25, 0.3) is 0 Å². The fourth-order valence-electron chi connectivity index (χ4n) is 2.98. The maximum Gasteiger partial charge on any atom is 0.257 e. The van der Waals surface area contributed by atoms with Crippen LogP contribution in [0.15, 0.2) is 59.6 Å². The molecule has 2 aromatic carbocycles. The molecular formula is C22H27N5O3. The molecule has 0 saturated carbocycles. The number of ether oxygens (including phenoxy) is 1. The van der Waals surface area contributed by atoms with Crippen LogP contribution in [0.4, 0.5) is 11.4 Å². The minimum atomic E-state index is -0.280. The number of morpholine rings is 1. The first kappa shape index (κ1) is 21.5. The fourth-order valence-corrected chi connectivity index (χ4v) is 2.98. The molecule has 2 aromatic rings. The summed E-state index contributed by atoms with van der Waals surface area (Å²) in [5.41, 5.74) is 1.95. The summed E-state index contributed by atoms with van der Waals surface area (Å²) >= 11 is 0. The maximum absolute atomic E-state index is 12.7. The highest BCUT2D eigenvalue weighted by atomic mass is 16.5. The minimum absolute atomic E-state index is 0.158. The lowest BCUT2D eigenvalue weighted by molar-refractivity contribution is -0.114. The van der Waals surface area contributed by atoms with Gasteiger partial charge in [0.1, 0.15) is 0 Å². The van der Waals surface area contributed by atoms with E-state index in [1.165, 1.54) is 6.92 Å². The SMILES string of the molecule is CC(=O)Nc1ccc(C(=O)NC(=NCCN2CCOCC2)Nc2ccccc2)cc1. The number of hydrogen-bond acceptors (Lipinski definition) is 5. The Hall–Kier alpha value is -3.23. The number of hydrogen-bond donors (Lipinski definition) is 3. The average Bonchev–Trinajstić information content (AvgIpc) is 2.75. The number of carbonyl (C=O) groups excluding carboxylic acids is 2. The lowest BCUT2D eigenvalue weighted by Crippen LogP contribution is -2.39. The molecule has 8 nitrogen and oxygen atoms in total. The van der Waals surface area contributed by atoms with Crippen molar-refractivity contribution in [1.29, 1.82) is 0 Å². The molecule has 3 N–H and O–H groups in total. The molecule has 0 atom stereocenters. The van der Waals surface area contributed by atoms with Gasteiger partial charge in [0.25, 0.3) is 5.91 Å². The molecule has 0 radical (unpaired) electrons. The summed E-state index contributed by atoms with van der Waals surface area (Å²) in [7, 11) is 0. The van der Waals surface area contributed by atoms with Crippen LogP contribution in [0, 0.1) is 0 Å². The Bertz CT molecular complexity index is 862. The summed E-state index contributed by atoms with van der Waals surface area (Å²) in [5, 5.41) is 8.71. The highest BCUT2D eigenvalue weighted by molar-refractivity contribution is 6.10. The van der Waals surface area contributed by atoms with Gasteiger partial charge < -0.3 is 15.4 Å². The Labute approximate surface area is 176 Å². The highest BCUT2D eigenvalue weighted by Gasteiger charge is 2.12. The number of para-hydroxylation sites is 1. The second-order valence-corrected chi connectivity index (χ2v) is 6.89. The van der Waals surface area contributed by atoms with Crippen molar-refractivity contribution in [3.05, 3.63) is 60.2 Å². The van der Waals surface area contributed by atoms with Gasteiger partial charge in [-0.25, -0.2) is 0 Å². The molecule has 0 bridgehead atoms. The molecular weight excluding hydrogens is 382 g/mol. The number of guanidine groups is 1. The van der Waals surface area contributed by atoms with Crippen molar-refractivity contribution >= 4 is 29.1 Å². The lowest BCUT2D eigenvalue weighted by atomic mass is 10.2. The number of nitrogens with one attached hydrogen (secondary N) is 3. The molecule has 30 heavy (non-hydrogen) atoms. The van der Waals surface area contributed by atoms with E-state index in [-0.39, 0.29) is 11.8 Å². The van der Waals surface area contributed by atoms with Gasteiger partial charge in [-0.2, -0.15) is 0 Å². The quantitative estimate of drug-likeness (QED) is 0.502. The minimum Gasteiger partial charge on any atom is -0.379 e. The highest BCUT2D eigenvalue weighted by Crippen LogP contribution is 2.10. The molecule has 1 aliphatic rings. The van der Waals surface area contributed by atoms with Crippen molar-refractivity contribution < 1.29 is 14.3 Å². The van der Waals surface area contributed by atoms with E-state index in [9.17, 15) is 9.59 Å². The second kappa shape index (κ2) is 11.1. The van der Waals surface area contributed by atoms with Crippen molar-refractivity contribution in [3.8, 4) is 0 Å². The van der Waals surface area contributed by atoms with Crippen LogP contribution in [0.2, 0.25) is 0 Å². The molecule has 0 aliphatic carbocycles. The second-order valence-electron chi connectivity index (χ2n) is 6.89. The molecule has 1 saturated heterocycles. The third kappa shape index (κ3) is 6.98. The van der Waals surface area contributed by atoms with Crippen LogP contribution in [0.5, 0.6) is 0 Å². The molecule has 1 aliphatic heterocycles. The van der Waals surface area contributed by atoms with Gasteiger partial charge in [-0.15, -0.1) is 0 Å². The van der Waals surface area contributed by atoms with Gasteiger partial charge in [0.15, 0.2) is 0 Å². The van der Waals surface area contributed by atoms with E-state index in [1.54, 1.807) is 24.3 Å². The van der Waals surface area contributed by atoms with E-state index >= 15 is 0 Å². The summed E-state index contributed by atoms with van der Waals surface area (Å²) in [6.45, 7) is 6.05. The normalized spacial score (nSPS) is 14.8. The van der Waals surface area contributed by atoms with Crippen LogP contribution >= 0.6 is 0 Å². The Kier molecular flexibility index (Phi) is 7.94. The third-order valence-electron chi connectivity index (χ3n) is 4.53. The molecule has 8 heteroatoms. The van der Waals surface area contributed by atoms with Gasteiger partial charge in [0, 0.05) is 43.5 Å². The number of amides is 2. The Morgan fingerprint density at radius 3 is 2.30 bits per heavy atom. The number of rotatable bonds is 6. The zero-order valence-electron chi connectivity index (χ0n) is 17.1. The summed E-state index contributed by atoms with van der Waals surface area (Å²) < 4.78 is 5.37. The van der Waals surface area contributed by atoms with Gasteiger partial charge >= 0.3 is 0 Å². The zero-order chi connectivity index (χ0) is 21.2. The van der Waals surface area contributed by atoms with Gasteiger partial charge in [-0.3, -0.25) is 24.8 Å². The smallest absolute Gasteiger partial charge is 0.257 e. The molecule has 1 heterocycles. The van der Waals surface area contributed by atoms with E-state index in [2.05, 4.69) is 25.8 Å². The largest absolute Gasteiger partial charge is 0.379 e. The number of carbonyl (C=O) groups is 2. The van der Waals surface area contributed by atoms with Crippen LogP contribution in [0.1, 0.15) is 17.3 Å². The van der Waals surface area contributed by atoms with E-state index in [0.29, 0.717) is 23.8 Å². The van der Waals surface area contributed by atoms with E-state index in [4.69, 9.17) is 4.74 Å². The van der Waals surface area contributed by atoms with Crippen LogP contribution < -0.4 is 16.0 Å². The molecule has 3 rings (SSSR count). The number of aliphatic imine (C=N–C) groups is 1. The Balaban J connectivity index is 1.64. The van der Waals surface area contributed by atoms with Crippen molar-refractivity contribution in [1.82, 2.24) is 10.2 Å². The summed E-state index contributed by atoms with van der Waals surface area (Å²) in [4.78, 5) is 30.7. The van der Waals surface area contributed by atoms with E-state index in [1.807, 2.05) is 30.3 Å². The summed E-state index contributed by atoms with van der Waals surface area (Å²) in [5.74, 6) is -0.0442. The predicted molar refractivity (Wildman–Crippen MR) is 118 cm³/mol. The van der Waals surface area contributed by atoms with Gasteiger partial charge in [0.2, 0.25) is 11.9 Å². The zero-order valence-corrected chi connectivity index (χ0v) is 17.1. The third-order valence-corrected chi connectivity index (χ3v) is 4.53. The van der Waals surface area contributed by atoms with Gasteiger partial charge in [0.05, 0.1) is 19.8 Å². The molecule has 0 unspecified atom stereocenters. The summed E-state index contributed by atoms with van der Waals surface area (Å²) in [6, 6.07) is 16.3. The van der Waals surface area contributed by atoms with Crippen molar-refractivity contribution in [3.63, 3.8) is 0 Å². The number of anilines is 2. The van der Waals surface area contributed by atoms with Crippen molar-refractivity contribution in [2.75, 3.05) is 50.0 Å². The topological polar surface area (TPSA) is 95.1 Å². The first-order valence-electron chi connectivity index (χ1n) is 9.96. The fraction of sp³-hybridized carbons (Fsp3) is 0.318. The van der Waals surface area contributed by atoms with Gasteiger partial charge in [-0.1, -0.05) is 18.2 Å². The predicted octanol–water partition coefficient (Wildman–Crippen LogP) is 2.18. The monoisotopic (exact) mass is 409 g/mol. The van der Waals surface area contributed by atoms with E-state index < -0.39 is 0 Å². The van der Waals surface area contributed by atoms with Crippen LogP contribution in [-0.2, 0) is 9.53 Å². The molecule has 158 valence electrons. The molecule has 0 spiro atoms. The standard InChI is InChI=1S/C22H27N5O3/c1-17(28)24-20-9-7-18(8-10-20)21(29)26-22(25-19-5-3-2-4-6-19)23-11-12-27-13-15-30-16-14-27/h2-10H,11-16H2,1H3,(H,24,28)(H2,23,25,26,29). The molecule has 0 aromatic heterocycles. The Morgan fingerprint density at radius 1 is 0.967 bits per heavy atom. The number of benzene rings is 2. The molecule has 2 amide bonds. The average molecular weight is 409 g/mol. The first-order chi connectivity index (χ1) is 14.6. The Morgan fingerprint density at radius 2 is 1.63 bits per heavy atom. The van der Waals surface area contributed by atoms with Crippen LogP contribution in [-0.4, -0.2) is 62.1 Å². The lowest BCUT2D eigenvalue weighted by Gasteiger charge is -2.25. The van der Waals surface area contributed by atoms with Crippen LogP contribution in [0.3, 0.4) is 0 Å². The number of nitrogens with zero attached hydrogens (tertiary/aromatic N) is 2. The first-order valence-corrected chi connectivity index (χ1v) is 9.96. The van der Waals surface area contributed by atoms with Crippen molar-refractivity contribution in [2.45, 2.75) is 6.92 Å².